The number of H-pyrrole nitrogens is 1. The van der Waals surface area contributed by atoms with E-state index in [0.29, 0.717) is 0 Å². The van der Waals surface area contributed by atoms with Crippen LogP contribution >= 0.6 is 15.9 Å². The van der Waals surface area contributed by atoms with Crippen molar-refractivity contribution in [2.75, 3.05) is 13.1 Å². The number of hydrogen-bond donors (Lipinski definition) is 2. The van der Waals surface area contributed by atoms with Crippen LogP contribution in [0.3, 0.4) is 0 Å². The van der Waals surface area contributed by atoms with Crippen molar-refractivity contribution < 1.29 is 0 Å². The number of piperidine rings is 1. The summed E-state index contributed by atoms with van der Waals surface area (Å²) in [5.41, 5.74) is 2.19. The van der Waals surface area contributed by atoms with E-state index in [2.05, 4.69) is 43.3 Å². The summed E-state index contributed by atoms with van der Waals surface area (Å²) in [7, 11) is 0. The standard InChI is InChI=1S/C13H16BrN3/c14-10-1-2-11-12(8-10)17-13(16-11)7-9-3-5-15-6-4-9/h1-2,8-9,15H,3-7H2,(H,16,17). The van der Waals surface area contributed by atoms with E-state index in [1.54, 1.807) is 0 Å². The molecule has 2 heterocycles. The molecule has 2 N–H and O–H groups in total. The highest BCUT2D eigenvalue weighted by molar-refractivity contribution is 9.10. The minimum Gasteiger partial charge on any atom is -0.342 e. The van der Waals surface area contributed by atoms with E-state index in [9.17, 15) is 0 Å². The lowest BCUT2D eigenvalue weighted by Gasteiger charge is -2.21. The SMILES string of the molecule is Brc1ccc2nc(CC3CCNCC3)[nH]c2c1. The van der Waals surface area contributed by atoms with Gasteiger partial charge in [-0.15, -0.1) is 0 Å². The third-order valence-corrected chi connectivity index (χ3v) is 3.93. The molecular formula is C13H16BrN3. The smallest absolute Gasteiger partial charge is 0.107 e. The van der Waals surface area contributed by atoms with Crippen LogP contribution in [0.4, 0.5) is 0 Å². The Kier molecular flexibility index (Phi) is 3.16. The molecule has 1 aliphatic heterocycles. The van der Waals surface area contributed by atoms with Crippen LogP contribution in [0.2, 0.25) is 0 Å². The van der Waals surface area contributed by atoms with Gasteiger partial charge in [-0.05, 0) is 50.0 Å². The quantitative estimate of drug-likeness (QED) is 0.894. The Labute approximate surface area is 109 Å². The summed E-state index contributed by atoms with van der Waals surface area (Å²) in [6, 6.07) is 6.19. The summed E-state index contributed by atoms with van der Waals surface area (Å²) in [5.74, 6) is 1.91. The number of nitrogens with zero attached hydrogens (tertiary/aromatic N) is 1. The maximum atomic E-state index is 4.65. The summed E-state index contributed by atoms with van der Waals surface area (Å²) in [5, 5.41) is 3.40. The Balaban J connectivity index is 1.80. The van der Waals surface area contributed by atoms with Gasteiger partial charge in [0.2, 0.25) is 0 Å². The molecule has 1 fully saturated rings. The lowest BCUT2D eigenvalue weighted by Crippen LogP contribution is -2.28. The van der Waals surface area contributed by atoms with Crippen LogP contribution in [-0.4, -0.2) is 23.1 Å². The minimum absolute atomic E-state index is 0.778. The maximum absolute atomic E-state index is 4.65. The molecule has 0 bridgehead atoms. The highest BCUT2D eigenvalue weighted by Gasteiger charge is 2.15. The van der Waals surface area contributed by atoms with Crippen molar-refractivity contribution in [1.82, 2.24) is 15.3 Å². The Bertz CT molecular complexity index is 514. The Morgan fingerprint density at radius 1 is 1.29 bits per heavy atom. The van der Waals surface area contributed by atoms with E-state index >= 15 is 0 Å². The van der Waals surface area contributed by atoms with Gasteiger partial charge >= 0.3 is 0 Å². The number of rotatable bonds is 2. The van der Waals surface area contributed by atoms with Crippen molar-refractivity contribution in [1.29, 1.82) is 0 Å². The van der Waals surface area contributed by atoms with Gasteiger partial charge in [0.15, 0.2) is 0 Å². The van der Waals surface area contributed by atoms with Crippen molar-refractivity contribution >= 4 is 27.0 Å². The first-order valence-electron chi connectivity index (χ1n) is 6.16. The topological polar surface area (TPSA) is 40.7 Å². The summed E-state index contributed by atoms with van der Waals surface area (Å²) in [6.07, 6.45) is 3.61. The molecule has 0 radical (unpaired) electrons. The largest absolute Gasteiger partial charge is 0.342 e. The number of hydrogen-bond acceptors (Lipinski definition) is 2. The minimum atomic E-state index is 0.778. The second-order valence-corrected chi connectivity index (χ2v) is 5.66. The zero-order valence-corrected chi connectivity index (χ0v) is 11.3. The number of aromatic amines is 1. The van der Waals surface area contributed by atoms with E-state index in [1.165, 1.54) is 12.8 Å². The van der Waals surface area contributed by atoms with Crippen molar-refractivity contribution in [2.24, 2.45) is 5.92 Å². The van der Waals surface area contributed by atoms with Crippen LogP contribution in [0.1, 0.15) is 18.7 Å². The Morgan fingerprint density at radius 3 is 2.94 bits per heavy atom. The van der Waals surface area contributed by atoms with Gasteiger partial charge < -0.3 is 10.3 Å². The van der Waals surface area contributed by atoms with Gasteiger partial charge in [0.1, 0.15) is 5.82 Å². The van der Waals surface area contributed by atoms with E-state index in [0.717, 1.165) is 46.8 Å². The van der Waals surface area contributed by atoms with Gasteiger partial charge in [0.05, 0.1) is 11.0 Å². The van der Waals surface area contributed by atoms with E-state index in [4.69, 9.17) is 0 Å². The second-order valence-electron chi connectivity index (χ2n) is 4.74. The number of benzene rings is 1. The van der Waals surface area contributed by atoms with Gasteiger partial charge in [-0.1, -0.05) is 15.9 Å². The second kappa shape index (κ2) is 4.78. The normalized spacial score (nSPS) is 17.7. The van der Waals surface area contributed by atoms with Crippen molar-refractivity contribution in [3.8, 4) is 0 Å². The molecular weight excluding hydrogens is 278 g/mol. The summed E-state index contributed by atoms with van der Waals surface area (Å²) in [4.78, 5) is 8.07. The van der Waals surface area contributed by atoms with Crippen molar-refractivity contribution in [3.63, 3.8) is 0 Å². The average Bonchev–Trinajstić information content (AvgIpc) is 2.71. The fourth-order valence-electron chi connectivity index (χ4n) is 2.49. The highest BCUT2D eigenvalue weighted by Crippen LogP contribution is 2.21. The predicted molar refractivity (Wildman–Crippen MR) is 73.1 cm³/mol. The van der Waals surface area contributed by atoms with Gasteiger partial charge in [-0.25, -0.2) is 4.98 Å². The van der Waals surface area contributed by atoms with Crippen LogP contribution in [0.5, 0.6) is 0 Å². The third kappa shape index (κ3) is 2.53. The van der Waals surface area contributed by atoms with Gasteiger partial charge in [-0.3, -0.25) is 0 Å². The van der Waals surface area contributed by atoms with E-state index in [1.807, 2.05) is 6.07 Å². The van der Waals surface area contributed by atoms with E-state index < -0.39 is 0 Å². The summed E-state index contributed by atoms with van der Waals surface area (Å²) >= 11 is 3.48. The van der Waals surface area contributed by atoms with Crippen LogP contribution < -0.4 is 5.32 Å². The van der Waals surface area contributed by atoms with Crippen molar-refractivity contribution in [2.45, 2.75) is 19.3 Å². The molecule has 1 saturated heterocycles. The van der Waals surface area contributed by atoms with Gasteiger partial charge in [0.25, 0.3) is 0 Å². The summed E-state index contributed by atoms with van der Waals surface area (Å²) < 4.78 is 1.10. The fourth-order valence-corrected chi connectivity index (χ4v) is 2.85. The lowest BCUT2D eigenvalue weighted by atomic mass is 9.94. The monoisotopic (exact) mass is 293 g/mol. The number of nitrogens with one attached hydrogen (secondary N) is 2. The van der Waals surface area contributed by atoms with Crippen LogP contribution in [0.25, 0.3) is 11.0 Å². The number of halogens is 1. The van der Waals surface area contributed by atoms with Gasteiger partial charge in [0, 0.05) is 10.9 Å². The van der Waals surface area contributed by atoms with Crippen LogP contribution in [-0.2, 0) is 6.42 Å². The molecule has 4 heteroatoms. The molecule has 0 atom stereocenters. The molecule has 0 amide bonds. The molecule has 0 saturated carbocycles. The molecule has 3 rings (SSSR count). The molecule has 1 aromatic carbocycles. The molecule has 90 valence electrons. The molecule has 0 aliphatic carbocycles. The number of aromatic nitrogens is 2. The molecule has 3 nitrogen and oxygen atoms in total. The van der Waals surface area contributed by atoms with Gasteiger partial charge in [-0.2, -0.15) is 0 Å². The number of fused-ring (bicyclic) bond motifs is 1. The van der Waals surface area contributed by atoms with Crippen molar-refractivity contribution in [3.05, 3.63) is 28.5 Å². The molecule has 1 aliphatic rings. The third-order valence-electron chi connectivity index (χ3n) is 3.43. The first kappa shape index (κ1) is 11.2. The zero-order chi connectivity index (χ0) is 11.7. The molecule has 0 spiro atoms. The predicted octanol–water partition coefficient (Wildman–Crippen LogP) is 2.87. The number of imidazole rings is 1. The average molecular weight is 294 g/mol. The van der Waals surface area contributed by atoms with Crippen LogP contribution in [0, 0.1) is 5.92 Å². The highest BCUT2D eigenvalue weighted by atomic mass is 79.9. The Morgan fingerprint density at radius 2 is 2.12 bits per heavy atom. The summed E-state index contributed by atoms with van der Waals surface area (Å²) in [6.45, 7) is 2.30. The molecule has 1 aromatic heterocycles. The Hall–Kier alpha value is -0.870. The molecule has 2 aromatic rings. The first-order chi connectivity index (χ1) is 8.31. The molecule has 17 heavy (non-hydrogen) atoms. The van der Waals surface area contributed by atoms with Crippen LogP contribution in [0.15, 0.2) is 22.7 Å². The fraction of sp³-hybridized carbons (Fsp3) is 0.462. The van der Waals surface area contributed by atoms with E-state index in [-0.39, 0.29) is 0 Å². The maximum Gasteiger partial charge on any atom is 0.107 e. The lowest BCUT2D eigenvalue weighted by molar-refractivity contribution is 0.368. The zero-order valence-electron chi connectivity index (χ0n) is 9.67. The molecule has 0 unspecified atom stereocenters. The first-order valence-corrected chi connectivity index (χ1v) is 6.95.